The quantitative estimate of drug-likeness (QED) is 0.844. The first-order valence-corrected chi connectivity index (χ1v) is 7.46. The van der Waals surface area contributed by atoms with Crippen molar-refractivity contribution in [2.75, 3.05) is 16.8 Å². The molecule has 0 saturated heterocycles. The number of para-hydroxylation sites is 2. The van der Waals surface area contributed by atoms with E-state index < -0.39 is 0 Å². The van der Waals surface area contributed by atoms with E-state index in [2.05, 4.69) is 21.2 Å². The first kappa shape index (κ1) is 13.2. The SMILES string of the molecule is O=C1CCCNc2ccccc2N1c1ccc(Br)cc1. The van der Waals surface area contributed by atoms with Gasteiger partial charge in [-0.1, -0.05) is 28.1 Å². The Balaban J connectivity index is 2.10. The van der Waals surface area contributed by atoms with E-state index in [4.69, 9.17) is 0 Å². The van der Waals surface area contributed by atoms with Crippen LogP contribution < -0.4 is 10.2 Å². The molecular formula is C16H15BrN2O. The molecule has 0 spiro atoms. The molecule has 102 valence electrons. The second-order valence-electron chi connectivity index (χ2n) is 4.75. The van der Waals surface area contributed by atoms with Crippen molar-refractivity contribution in [1.29, 1.82) is 0 Å². The lowest BCUT2D eigenvalue weighted by atomic mass is 10.1. The maximum absolute atomic E-state index is 12.5. The number of carbonyl (C=O) groups excluding carboxylic acids is 1. The first-order chi connectivity index (χ1) is 9.75. The predicted molar refractivity (Wildman–Crippen MR) is 85.5 cm³/mol. The van der Waals surface area contributed by atoms with Crippen LogP contribution in [0.1, 0.15) is 12.8 Å². The molecule has 0 aliphatic carbocycles. The highest BCUT2D eigenvalue weighted by molar-refractivity contribution is 9.10. The minimum atomic E-state index is 0.140. The fourth-order valence-electron chi connectivity index (χ4n) is 2.40. The molecule has 0 atom stereocenters. The van der Waals surface area contributed by atoms with Crippen molar-refractivity contribution in [3.63, 3.8) is 0 Å². The Labute approximate surface area is 126 Å². The molecule has 1 heterocycles. The van der Waals surface area contributed by atoms with Gasteiger partial charge >= 0.3 is 0 Å². The van der Waals surface area contributed by atoms with Gasteiger partial charge in [0.05, 0.1) is 11.4 Å². The van der Waals surface area contributed by atoms with Gasteiger partial charge in [0.2, 0.25) is 5.91 Å². The van der Waals surface area contributed by atoms with Gasteiger partial charge in [-0.3, -0.25) is 9.69 Å². The average Bonchev–Trinajstić information content (AvgIpc) is 2.45. The number of rotatable bonds is 1. The Morgan fingerprint density at radius 1 is 1.05 bits per heavy atom. The Morgan fingerprint density at radius 2 is 1.80 bits per heavy atom. The molecule has 2 aromatic carbocycles. The van der Waals surface area contributed by atoms with Gasteiger partial charge in [0.1, 0.15) is 0 Å². The van der Waals surface area contributed by atoms with Crippen molar-refractivity contribution in [3.8, 4) is 0 Å². The third kappa shape index (κ3) is 2.56. The molecule has 1 aliphatic rings. The van der Waals surface area contributed by atoms with Crippen LogP contribution in [0, 0.1) is 0 Å². The fraction of sp³-hybridized carbons (Fsp3) is 0.188. The van der Waals surface area contributed by atoms with Gasteiger partial charge < -0.3 is 5.32 Å². The summed E-state index contributed by atoms with van der Waals surface area (Å²) < 4.78 is 1.01. The van der Waals surface area contributed by atoms with E-state index >= 15 is 0 Å². The molecule has 1 N–H and O–H groups in total. The van der Waals surface area contributed by atoms with Gasteiger partial charge in [-0.05, 0) is 42.8 Å². The molecule has 0 radical (unpaired) electrons. The predicted octanol–water partition coefficient (Wildman–Crippen LogP) is 4.32. The maximum Gasteiger partial charge on any atom is 0.231 e. The minimum absolute atomic E-state index is 0.140. The number of anilines is 3. The number of fused-ring (bicyclic) bond motifs is 1. The lowest BCUT2D eigenvalue weighted by Gasteiger charge is -2.28. The molecule has 3 nitrogen and oxygen atoms in total. The van der Waals surface area contributed by atoms with E-state index in [-0.39, 0.29) is 5.91 Å². The molecule has 0 aromatic heterocycles. The number of hydrogen-bond donors (Lipinski definition) is 1. The minimum Gasteiger partial charge on any atom is -0.383 e. The van der Waals surface area contributed by atoms with Crippen LogP contribution in [-0.2, 0) is 4.79 Å². The summed E-state index contributed by atoms with van der Waals surface area (Å²) in [6.07, 6.45) is 1.40. The number of hydrogen-bond acceptors (Lipinski definition) is 2. The molecule has 1 amide bonds. The van der Waals surface area contributed by atoms with Gasteiger partial charge in [-0.2, -0.15) is 0 Å². The zero-order chi connectivity index (χ0) is 13.9. The third-order valence-corrected chi connectivity index (χ3v) is 3.89. The number of nitrogens with one attached hydrogen (secondary N) is 1. The van der Waals surface area contributed by atoms with Gasteiger partial charge in [0.25, 0.3) is 0 Å². The zero-order valence-corrected chi connectivity index (χ0v) is 12.6. The highest BCUT2D eigenvalue weighted by Crippen LogP contribution is 2.34. The van der Waals surface area contributed by atoms with E-state index in [9.17, 15) is 4.79 Å². The summed E-state index contributed by atoms with van der Waals surface area (Å²) in [7, 11) is 0. The van der Waals surface area contributed by atoms with E-state index in [0.29, 0.717) is 6.42 Å². The summed E-state index contributed by atoms with van der Waals surface area (Å²) >= 11 is 3.43. The highest BCUT2D eigenvalue weighted by Gasteiger charge is 2.22. The largest absolute Gasteiger partial charge is 0.383 e. The van der Waals surface area contributed by atoms with Gasteiger partial charge in [0, 0.05) is 23.1 Å². The molecule has 1 aliphatic heterocycles. The van der Waals surface area contributed by atoms with E-state index in [1.807, 2.05) is 48.5 Å². The van der Waals surface area contributed by atoms with E-state index in [1.54, 1.807) is 4.90 Å². The normalized spacial score (nSPS) is 15.1. The number of nitrogens with zero attached hydrogens (tertiary/aromatic N) is 1. The summed E-state index contributed by atoms with van der Waals surface area (Å²) in [6, 6.07) is 15.8. The van der Waals surface area contributed by atoms with Crippen LogP contribution in [0.15, 0.2) is 53.0 Å². The van der Waals surface area contributed by atoms with Crippen molar-refractivity contribution in [2.24, 2.45) is 0 Å². The molecule has 0 saturated carbocycles. The Hall–Kier alpha value is -1.81. The average molecular weight is 331 g/mol. The fourth-order valence-corrected chi connectivity index (χ4v) is 2.66. The standard InChI is InChI=1S/C16H15BrN2O/c17-12-7-9-13(10-8-12)19-15-5-2-1-4-14(15)18-11-3-6-16(19)20/h1-2,4-5,7-10,18H,3,6,11H2. The van der Waals surface area contributed by atoms with E-state index in [0.717, 1.165) is 34.5 Å². The van der Waals surface area contributed by atoms with Crippen LogP contribution in [0.5, 0.6) is 0 Å². The van der Waals surface area contributed by atoms with Crippen LogP contribution >= 0.6 is 15.9 Å². The van der Waals surface area contributed by atoms with Crippen molar-refractivity contribution < 1.29 is 4.79 Å². The number of halogens is 1. The summed E-state index contributed by atoms with van der Waals surface area (Å²) in [4.78, 5) is 14.3. The number of benzene rings is 2. The first-order valence-electron chi connectivity index (χ1n) is 6.67. The van der Waals surface area contributed by atoms with Crippen LogP contribution in [0.3, 0.4) is 0 Å². The molecule has 4 heteroatoms. The number of amides is 1. The van der Waals surface area contributed by atoms with Crippen LogP contribution in [0.4, 0.5) is 17.1 Å². The number of carbonyl (C=O) groups is 1. The van der Waals surface area contributed by atoms with Crippen molar-refractivity contribution in [1.82, 2.24) is 0 Å². The smallest absolute Gasteiger partial charge is 0.231 e. The highest BCUT2D eigenvalue weighted by atomic mass is 79.9. The molecule has 0 bridgehead atoms. The Morgan fingerprint density at radius 3 is 2.60 bits per heavy atom. The summed E-state index contributed by atoms with van der Waals surface area (Å²) in [5.74, 6) is 0.140. The third-order valence-electron chi connectivity index (χ3n) is 3.36. The monoisotopic (exact) mass is 330 g/mol. The second-order valence-corrected chi connectivity index (χ2v) is 5.67. The molecule has 0 fully saturated rings. The molecular weight excluding hydrogens is 316 g/mol. The second kappa shape index (κ2) is 5.67. The molecule has 0 unspecified atom stereocenters. The van der Waals surface area contributed by atoms with Crippen LogP contribution in [0.2, 0.25) is 0 Å². The topological polar surface area (TPSA) is 32.3 Å². The van der Waals surface area contributed by atoms with Crippen molar-refractivity contribution in [3.05, 3.63) is 53.0 Å². The van der Waals surface area contributed by atoms with Gasteiger partial charge in [-0.25, -0.2) is 0 Å². The maximum atomic E-state index is 12.5. The van der Waals surface area contributed by atoms with Crippen molar-refractivity contribution >= 4 is 38.9 Å². The molecule has 2 aromatic rings. The van der Waals surface area contributed by atoms with Crippen LogP contribution in [0.25, 0.3) is 0 Å². The summed E-state index contributed by atoms with van der Waals surface area (Å²) in [5.41, 5.74) is 2.82. The summed E-state index contributed by atoms with van der Waals surface area (Å²) in [6.45, 7) is 0.830. The molecule has 20 heavy (non-hydrogen) atoms. The van der Waals surface area contributed by atoms with Gasteiger partial charge in [0.15, 0.2) is 0 Å². The van der Waals surface area contributed by atoms with Crippen molar-refractivity contribution in [2.45, 2.75) is 12.8 Å². The Kier molecular flexibility index (Phi) is 3.74. The van der Waals surface area contributed by atoms with E-state index in [1.165, 1.54) is 0 Å². The molecule has 3 rings (SSSR count). The van der Waals surface area contributed by atoms with Gasteiger partial charge in [-0.15, -0.1) is 0 Å². The lowest BCUT2D eigenvalue weighted by molar-refractivity contribution is -0.118. The lowest BCUT2D eigenvalue weighted by Crippen LogP contribution is -2.29. The Bertz CT molecular complexity index is 625. The van der Waals surface area contributed by atoms with Crippen LogP contribution in [-0.4, -0.2) is 12.5 Å². The summed E-state index contributed by atoms with van der Waals surface area (Å²) in [5, 5.41) is 3.39. The zero-order valence-electron chi connectivity index (χ0n) is 11.0.